The summed E-state index contributed by atoms with van der Waals surface area (Å²) in [6.07, 6.45) is 0. The van der Waals surface area contributed by atoms with E-state index in [0.29, 0.717) is 6.54 Å². The lowest BCUT2D eigenvalue weighted by Crippen LogP contribution is -2.57. The maximum atomic E-state index is 12.1. The molecule has 0 aliphatic carbocycles. The van der Waals surface area contributed by atoms with E-state index in [1.807, 2.05) is 36.9 Å². The first kappa shape index (κ1) is 12.9. The van der Waals surface area contributed by atoms with Crippen LogP contribution in [0.1, 0.15) is 11.1 Å². The fourth-order valence-corrected chi connectivity index (χ4v) is 2.61. The van der Waals surface area contributed by atoms with Gasteiger partial charge in [0.2, 0.25) is 5.91 Å². The average molecular weight is 248 g/mol. The molecule has 4 nitrogen and oxygen atoms in total. The van der Waals surface area contributed by atoms with Crippen LogP contribution in [0.2, 0.25) is 0 Å². The molecule has 18 heavy (non-hydrogen) atoms. The number of likely N-dealkylation sites (N-methyl/N-ethyl adjacent to an activating group) is 1. The first-order valence-electron chi connectivity index (χ1n) is 6.25. The van der Waals surface area contributed by atoms with Crippen molar-refractivity contribution in [2.24, 2.45) is 0 Å². The van der Waals surface area contributed by atoms with Crippen LogP contribution in [-0.4, -0.2) is 48.7 Å². The Balaban J connectivity index is 2.40. The fraction of sp³-hybridized carbons (Fsp3) is 0.500. The summed E-state index contributed by atoms with van der Waals surface area (Å²) in [6, 6.07) is 5.64. The number of rotatable bonds is 2. The molecule has 1 aliphatic rings. The molecule has 1 aromatic rings. The van der Waals surface area contributed by atoms with Gasteiger partial charge in [-0.05, 0) is 25.0 Å². The third kappa shape index (κ3) is 2.08. The molecule has 1 unspecified atom stereocenters. The second-order valence-electron chi connectivity index (χ2n) is 4.89. The van der Waals surface area contributed by atoms with Gasteiger partial charge in [-0.25, -0.2) is 0 Å². The van der Waals surface area contributed by atoms with Crippen molar-refractivity contribution in [3.8, 4) is 0 Å². The molecule has 0 aromatic heterocycles. The number of nitrogens with zero attached hydrogens (tertiary/aromatic N) is 2. The Morgan fingerprint density at radius 3 is 2.44 bits per heavy atom. The minimum atomic E-state index is -0.455. The molecule has 1 saturated heterocycles. The van der Waals surface area contributed by atoms with Crippen molar-refractivity contribution < 1.29 is 9.90 Å². The lowest BCUT2D eigenvalue weighted by molar-refractivity contribution is -0.133. The van der Waals surface area contributed by atoms with Crippen molar-refractivity contribution in [1.29, 1.82) is 0 Å². The molecule has 1 atom stereocenters. The lowest BCUT2D eigenvalue weighted by Gasteiger charge is -2.41. The predicted molar refractivity (Wildman–Crippen MR) is 71.8 cm³/mol. The summed E-state index contributed by atoms with van der Waals surface area (Å²) in [5, 5.41) is 9.50. The molecule has 4 heteroatoms. The first-order chi connectivity index (χ1) is 8.56. The summed E-state index contributed by atoms with van der Waals surface area (Å²) in [7, 11) is 1.78. The minimum absolute atomic E-state index is 0.00796. The van der Waals surface area contributed by atoms with E-state index in [-0.39, 0.29) is 12.5 Å². The van der Waals surface area contributed by atoms with Gasteiger partial charge in [-0.1, -0.05) is 18.2 Å². The van der Waals surface area contributed by atoms with Gasteiger partial charge in [-0.15, -0.1) is 0 Å². The van der Waals surface area contributed by atoms with E-state index < -0.39 is 6.04 Å². The van der Waals surface area contributed by atoms with Gasteiger partial charge in [0.1, 0.15) is 6.04 Å². The van der Waals surface area contributed by atoms with Crippen LogP contribution in [0.4, 0.5) is 5.69 Å². The minimum Gasteiger partial charge on any atom is -0.394 e. The van der Waals surface area contributed by atoms with Crippen LogP contribution in [-0.2, 0) is 4.79 Å². The summed E-state index contributed by atoms with van der Waals surface area (Å²) in [5.74, 6) is -0.00796. The number of anilines is 1. The average Bonchev–Trinajstić information content (AvgIpc) is 2.33. The maximum absolute atomic E-state index is 12.1. The van der Waals surface area contributed by atoms with E-state index >= 15 is 0 Å². The molecule has 1 aliphatic heterocycles. The highest BCUT2D eigenvalue weighted by molar-refractivity contribution is 5.87. The van der Waals surface area contributed by atoms with Gasteiger partial charge in [0.15, 0.2) is 0 Å². The zero-order valence-corrected chi connectivity index (χ0v) is 11.2. The first-order valence-corrected chi connectivity index (χ1v) is 6.25. The summed E-state index contributed by atoms with van der Waals surface area (Å²) < 4.78 is 0. The second kappa shape index (κ2) is 4.98. The van der Waals surface area contributed by atoms with E-state index in [0.717, 1.165) is 23.4 Å². The number of hydrogen-bond acceptors (Lipinski definition) is 3. The quantitative estimate of drug-likeness (QED) is 0.847. The van der Waals surface area contributed by atoms with Crippen LogP contribution < -0.4 is 4.90 Å². The van der Waals surface area contributed by atoms with E-state index in [2.05, 4.69) is 0 Å². The van der Waals surface area contributed by atoms with Crippen LogP contribution in [0.5, 0.6) is 0 Å². The van der Waals surface area contributed by atoms with E-state index in [4.69, 9.17) is 0 Å². The molecule has 1 fully saturated rings. The number of carbonyl (C=O) groups excluding carboxylic acids is 1. The van der Waals surface area contributed by atoms with Crippen LogP contribution >= 0.6 is 0 Å². The van der Waals surface area contributed by atoms with Crippen molar-refractivity contribution in [3.05, 3.63) is 29.3 Å². The topological polar surface area (TPSA) is 43.8 Å². The number of carbonyl (C=O) groups is 1. The summed E-state index contributed by atoms with van der Waals surface area (Å²) >= 11 is 0. The van der Waals surface area contributed by atoms with Crippen LogP contribution in [0.25, 0.3) is 0 Å². The molecule has 2 rings (SSSR count). The third-order valence-corrected chi connectivity index (χ3v) is 3.61. The largest absolute Gasteiger partial charge is 0.394 e. The summed E-state index contributed by atoms with van der Waals surface area (Å²) in [5.41, 5.74) is 3.37. The highest BCUT2D eigenvalue weighted by atomic mass is 16.3. The number of aryl methyl sites for hydroxylation is 2. The van der Waals surface area contributed by atoms with Crippen molar-refractivity contribution >= 4 is 11.6 Å². The number of benzene rings is 1. The van der Waals surface area contributed by atoms with Gasteiger partial charge < -0.3 is 14.9 Å². The Labute approximate surface area is 108 Å². The van der Waals surface area contributed by atoms with Gasteiger partial charge >= 0.3 is 0 Å². The molecule has 1 N–H and O–H groups in total. The van der Waals surface area contributed by atoms with Crippen LogP contribution in [0.3, 0.4) is 0 Å². The molecule has 1 amide bonds. The Morgan fingerprint density at radius 1 is 1.28 bits per heavy atom. The van der Waals surface area contributed by atoms with Gasteiger partial charge in [-0.3, -0.25) is 4.79 Å². The Bertz CT molecular complexity index is 439. The smallest absolute Gasteiger partial charge is 0.247 e. The lowest BCUT2D eigenvalue weighted by atomic mass is 10.0. The standard InChI is InChI=1S/C14H20N2O2/c1-10-5-4-6-11(2)13(10)16-8-7-15(3)14(18)12(16)9-17/h4-6,12,17H,7-9H2,1-3H3. The van der Waals surface area contributed by atoms with Gasteiger partial charge in [0, 0.05) is 25.8 Å². The highest BCUT2D eigenvalue weighted by Gasteiger charge is 2.33. The predicted octanol–water partition coefficient (Wildman–Crippen LogP) is 0.943. The van der Waals surface area contributed by atoms with E-state index in [1.54, 1.807) is 11.9 Å². The fourth-order valence-electron chi connectivity index (χ4n) is 2.61. The monoisotopic (exact) mass is 248 g/mol. The normalized spacial score (nSPS) is 20.4. The molecule has 1 heterocycles. The summed E-state index contributed by atoms with van der Waals surface area (Å²) in [4.78, 5) is 15.8. The summed E-state index contributed by atoms with van der Waals surface area (Å²) in [6.45, 7) is 5.40. The number of para-hydroxylation sites is 1. The second-order valence-corrected chi connectivity index (χ2v) is 4.89. The zero-order chi connectivity index (χ0) is 13.3. The SMILES string of the molecule is Cc1cccc(C)c1N1CCN(C)C(=O)C1CO. The molecule has 0 radical (unpaired) electrons. The molecule has 0 saturated carbocycles. The van der Waals surface area contributed by atoms with Crippen LogP contribution in [0.15, 0.2) is 18.2 Å². The van der Waals surface area contributed by atoms with Crippen molar-refractivity contribution in [2.45, 2.75) is 19.9 Å². The third-order valence-electron chi connectivity index (χ3n) is 3.61. The van der Waals surface area contributed by atoms with Gasteiger partial charge in [-0.2, -0.15) is 0 Å². The van der Waals surface area contributed by atoms with E-state index in [9.17, 15) is 9.90 Å². The van der Waals surface area contributed by atoms with Gasteiger partial charge in [0.25, 0.3) is 0 Å². The van der Waals surface area contributed by atoms with Crippen molar-refractivity contribution in [3.63, 3.8) is 0 Å². The molecular formula is C14H20N2O2. The molecular weight excluding hydrogens is 228 g/mol. The maximum Gasteiger partial charge on any atom is 0.247 e. The number of aliphatic hydroxyl groups excluding tert-OH is 1. The Hall–Kier alpha value is -1.55. The zero-order valence-electron chi connectivity index (χ0n) is 11.2. The number of amides is 1. The van der Waals surface area contributed by atoms with E-state index in [1.165, 1.54) is 0 Å². The Kier molecular flexibility index (Phi) is 3.57. The number of hydrogen-bond donors (Lipinski definition) is 1. The highest BCUT2D eigenvalue weighted by Crippen LogP contribution is 2.28. The molecule has 1 aromatic carbocycles. The number of piperazine rings is 1. The van der Waals surface area contributed by atoms with Crippen molar-refractivity contribution in [2.75, 3.05) is 31.6 Å². The Morgan fingerprint density at radius 2 is 1.89 bits per heavy atom. The van der Waals surface area contributed by atoms with Gasteiger partial charge in [0.05, 0.1) is 6.61 Å². The molecule has 0 spiro atoms. The van der Waals surface area contributed by atoms with Crippen molar-refractivity contribution in [1.82, 2.24) is 4.90 Å². The number of aliphatic hydroxyl groups is 1. The van der Waals surface area contributed by atoms with Crippen LogP contribution in [0, 0.1) is 13.8 Å². The molecule has 0 bridgehead atoms. The molecule has 98 valence electrons.